The van der Waals surface area contributed by atoms with Gasteiger partial charge in [-0.15, -0.1) is 0 Å². The average Bonchev–Trinajstić information content (AvgIpc) is 2.36. The standard InChI is InChI=1S/C14H16O6/c1-2-20-14(19)11-7-9(8-13(17)18)3-4-10(11)5-6-12(15)16/h3-4,7H,2,5-6,8H2,1H3,(H,15,16)(H,17,18). The summed E-state index contributed by atoms with van der Waals surface area (Å²) >= 11 is 0. The molecule has 0 aromatic heterocycles. The molecule has 0 saturated carbocycles. The Hall–Kier alpha value is -2.37. The normalized spacial score (nSPS) is 10.1. The first-order chi connectivity index (χ1) is 9.43. The monoisotopic (exact) mass is 280 g/mol. The van der Waals surface area contributed by atoms with Crippen LogP contribution in [0, 0.1) is 0 Å². The van der Waals surface area contributed by atoms with E-state index in [0.29, 0.717) is 11.1 Å². The average molecular weight is 280 g/mol. The summed E-state index contributed by atoms with van der Waals surface area (Å²) in [5, 5.41) is 17.4. The van der Waals surface area contributed by atoms with Crippen LogP contribution in [0.15, 0.2) is 18.2 Å². The maximum atomic E-state index is 11.8. The van der Waals surface area contributed by atoms with E-state index in [1.54, 1.807) is 19.1 Å². The molecule has 0 aliphatic rings. The fourth-order valence-electron chi connectivity index (χ4n) is 1.77. The van der Waals surface area contributed by atoms with Crippen LogP contribution in [-0.4, -0.2) is 34.7 Å². The molecule has 0 bridgehead atoms. The minimum atomic E-state index is -1.00. The van der Waals surface area contributed by atoms with Crippen molar-refractivity contribution >= 4 is 17.9 Å². The van der Waals surface area contributed by atoms with Gasteiger partial charge in [-0.3, -0.25) is 9.59 Å². The number of carboxylic acid groups (broad SMARTS) is 2. The molecule has 0 fully saturated rings. The Kier molecular flexibility index (Phi) is 5.71. The summed E-state index contributed by atoms with van der Waals surface area (Å²) in [6, 6.07) is 4.60. The lowest BCUT2D eigenvalue weighted by Gasteiger charge is -2.10. The molecule has 0 radical (unpaired) electrons. The van der Waals surface area contributed by atoms with E-state index in [9.17, 15) is 14.4 Å². The molecule has 0 saturated heterocycles. The van der Waals surface area contributed by atoms with Crippen LogP contribution in [0.3, 0.4) is 0 Å². The number of aryl methyl sites for hydroxylation is 1. The zero-order valence-corrected chi connectivity index (χ0v) is 11.1. The number of hydrogen-bond donors (Lipinski definition) is 2. The molecular weight excluding hydrogens is 264 g/mol. The molecule has 6 nitrogen and oxygen atoms in total. The molecule has 6 heteroatoms. The third-order valence-corrected chi connectivity index (χ3v) is 2.63. The van der Waals surface area contributed by atoms with Gasteiger partial charge in [0, 0.05) is 6.42 Å². The molecule has 20 heavy (non-hydrogen) atoms. The van der Waals surface area contributed by atoms with E-state index in [-0.39, 0.29) is 31.4 Å². The number of esters is 1. The summed E-state index contributed by atoms with van der Waals surface area (Å²) in [6.45, 7) is 1.86. The van der Waals surface area contributed by atoms with Crippen LogP contribution in [0.5, 0.6) is 0 Å². The molecule has 0 atom stereocenters. The van der Waals surface area contributed by atoms with Gasteiger partial charge in [-0.05, 0) is 30.5 Å². The Morgan fingerprint density at radius 2 is 1.85 bits per heavy atom. The molecule has 0 amide bonds. The van der Waals surface area contributed by atoms with Crippen LogP contribution in [0.1, 0.15) is 34.8 Å². The Morgan fingerprint density at radius 3 is 2.40 bits per heavy atom. The van der Waals surface area contributed by atoms with E-state index in [1.807, 2.05) is 0 Å². The van der Waals surface area contributed by atoms with Crippen LogP contribution in [0.2, 0.25) is 0 Å². The molecule has 0 unspecified atom stereocenters. The number of rotatable bonds is 7. The smallest absolute Gasteiger partial charge is 0.338 e. The van der Waals surface area contributed by atoms with Crippen molar-refractivity contribution in [3.05, 3.63) is 34.9 Å². The summed E-state index contributed by atoms with van der Waals surface area (Å²) in [5.41, 5.74) is 1.24. The van der Waals surface area contributed by atoms with E-state index in [1.165, 1.54) is 6.07 Å². The van der Waals surface area contributed by atoms with Crippen LogP contribution >= 0.6 is 0 Å². The van der Waals surface area contributed by atoms with Gasteiger partial charge >= 0.3 is 17.9 Å². The highest BCUT2D eigenvalue weighted by Gasteiger charge is 2.15. The Balaban J connectivity index is 3.05. The maximum Gasteiger partial charge on any atom is 0.338 e. The maximum absolute atomic E-state index is 11.8. The van der Waals surface area contributed by atoms with Gasteiger partial charge in [0.2, 0.25) is 0 Å². The first-order valence-electron chi connectivity index (χ1n) is 6.16. The second kappa shape index (κ2) is 7.28. The first-order valence-corrected chi connectivity index (χ1v) is 6.16. The van der Waals surface area contributed by atoms with E-state index < -0.39 is 17.9 Å². The minimum absolute atomic E-state index is 0.106. The van der Waals surface area contributed by atoms with Crippen LogP contribution in [-0.2, 0) is 27.2 Å². The quantitative estimate of drug-likeness (QED) is 0.734. The highest BCUT2D eigenvalue weighted by Crippen LogP contribution is 2.16. The van der Waals surface area contributed by atoms with E-state index >= 15 is 0 Å². The lowest BCUT2D eigenvalue weighted by atomic mass is 9.99. The van der Waals surface area contributed by atoms with Gasteiger partial charge in [-0.2, -0.15) is 0 Å². The molecule has 1 aromatic carbocycles. The Morgan fingerprint density at radius 1 is 1.15 bits per heavy atom. The number of ether oxygens (including phenoxy) is 1. The molecular formula is C14H16O6. The SMILES string of the molecule is CCOC(=O)c1cc(CC(=O)O)ccc1CCC(=O)O. The molecule has 0 heterocycles. The van der Waals surface area contributed by atoms with Gasteiger partial charge in [0.05, 0.1) is 18.6 Å². The summed E-state index contributed by atoms with van der Waals surface area (Å²) < 4.78 is 4.90. The van der Waals surface area contributed by atoms with Crippen molar-refractivity contribution < 1.29 is 29.3 Å². The molecule has 0 aliphatic heterocycles. The molecule has 1 rings (SSSR count). The van der Waals surface area contributed by atoms with Crippen molar-refractivity contribution in [1.29, 1.82) is 0 Å². The summed E-state index contributed by atoms with van der Waals surface area (Å²) in [7, 11) is 0. The van der Waals surface area contributed by atoms with Crippen molar-refractivity contribution in [2.45, 2.75) is 26.2 Å². The van der Waals surface area contributed by atoms with E-state index in [4.69, 9.17) is 14.9 Å². The molecule has 108 valence electrons. The van der Waals surface area contributed by atoms with Gasteiger partial charge in [0.15, 0.2) is 0 Å². The van der Waals surface area contributed by atoms with Crippen molar-refractivity contribution in [2.24, 2.45) is 0 Å². The second-order valence-electron chi connectivity index (χ2n) is 4.18. The summed E-state index contributed by atoms with van der Waals surface area (Å²) in [5.74, 6) is -2.53. The summed E-state index contributed by atoms with van der Waals surface area (Å²) in [4.78, 5) is 33.1. The van der Waals surface area contributed by atoms with Crippen molar-refractivity contribution in [2.75, 3.05) is 6.61 Å². The number of carboxylic acids is 2. The van der Waals surface area contributed by atoms with Crippen molar-refractivity contribution in [1.82, 2.24) is 0 Å². The predicted octanol–water partition coefficient (Wildman–Crippen LogP) is 1.51. The second-order valence-corrected chi connectivity index (χ2v) is 4.18. The highest BCUT2D eigenvalue weighted by molar-refractivity contribution is 5.91. The summed E-state index contributed by atoms with van der Waals surface area (Å²) in [6.07, 6.45) is -0.118. The third-order valence-electron chi connectivity index (χ3n) is 2.63. The molecule has 1 aromatic rings. The van der Waals surface area contributed by atoms with Crippen LogP contribution in [0.4, 0.5) is 0 Å². The van der Waals surface area contributed by atoms with Crippen LogP contribution < -0.4 is 0 Å². The minimum Gasteiger partial charge on any atom is -0.481 e. The zero-order chi connectivity index (χ0) is 15.1. The van der Waals surface area contributed by atoms with Gasteiger partial charge in [-0.1, -0.05) is 12.1 Å². The van der Waals surface area contributed by atoms with Gasteiger partial charge in [0.25, 0.3) is 0 Å². The van der Waals surface area contributed by atoms with E-state index in [2.05, 4.69) is 0 Å². The topological polar surface area (TPSA) is 101 Å². The highest BCUT2D eigenvalue weighted by atomic mass is 16.5. The van der Waals surface area contributed by atoms with Gasteiger partial charge in [-0.25, -0.2) is 4.79 Å². The fourth-order valence-corrected chi connectivity index (χ4v) is 1.77. The number of hydrogen-bond acceptors (Lipinski definition) is 4. The van der Waals surface area contributed by atoms with Crippen molar-refractivity contribution in [3.8, 4) is 0 Å². The van der Waals surface area contributed by atoms with Gasteiger partial charge in [0.1, 0.15) is 0 Å². The third kappa shape index (κ3) is 4.72. The van der Waals surface area contributed by atoms with E-state index in [0.717, 1.165) is 0 Å². The fraction of sp³-hybridized carbons (Fsp3) is 0.357. The Labute approximate surface area is 116 Å². The molecule has 0 spiro atoms. The Bertz CT molecular complexity index is 520. The zero-order valence-electron chi connectivity index (χ0n) is 11.1. The number of benzene rings is 1. The van der Waals surface area contributed by atoms with Crippen LogP contribution in [0.25, 0.3) is 0 Å². The predicted molar refractivity (Wildman–Crippen MR) is 69.7 cm³/mol. The van der Waals surface area contributed by atoms with Gasteiger partial charge < -0.3 is 14.9 Å². The number of carbonyl (C=O) groups excluding carboxylic acids is 1. The van der Waals surface area contributed by atoms with Crippen molar-refractivity contribution in [3.63, 3.8) is 0 Å². The lowest BCUT2D eigenvalue weighted by molar-refractivity contribution is -0.137. The molecule has 0 aliphatic carbocycles. The number of carbonyl (C=O) groups is 3. The first kappa shape index (κ1) is 15.7. The molecule has 2 N–H and O–H groups in total. The largest absolute Gasteiger partial charge is 0.481 e. The lowest BCUT2D eigenvalue weighted by Crippen LogP contribution is -2.11. The number of aliphatic carboxylic acids is 2.